The first-order chi connectivity index (χ1) is 12.7. The molecule has 0 bridgehead atoms. The molecule has 0 N–H and O–H groups in total. The SMILES string of the molecule is COCC1CN(C(=O)CC2C=CCC2)Cc2cnn(CC3CCCC3)c21. The number of rotatable bonds is 6. The van der Waals surface area contributed by atoms with Crippen LogP contribution in [0.5, 0.6) is 0 Å². The van der Waals surface area contributed by atoms with Gasteiger partial charge in [0.2, 0.25) is 5.91 Å². The summed E-state index contributed by atoms with van der Waals surface area (Å²) < 4.78 is 7.72. The summed E-state index contributed by atoms with van der Waals surface area (Å²) in [6.07, 6.45) is 14.6. The van der Waals surface area contributed by atoms with E-state index in [0.717, 1.165) is 31.8 Å². The Kier molecular flexibility index (Phi) is 5.44. The second-order valence-corrected chi connectivity index (χ2v) is 8.28. The van der Waals surface area contributed by atoms with Crippen molar-refractivity contribution >= 4 is 5.91 Å². The van der Waals surface area contributed by atoms with E-state index in [-0.39, 0.29) is 11.8 Å². The molecule has 1 amide bonds. The lowest BCUT2D eigenvalue weighted by atomic mass is 9.95. The molecule has 5 heteroatoms. The molecule has 1 fully saturated rings. The lowest BCUT2D eigenvalue weighted by Gasteiger charge is -2.34. The number of amides is 1. The van der Waals surface area contributed by atoms with Gasteiger partial charge in [-0.25, -0.2) is 0 Å². The third-order valence-electron chi connectivity index (χ3n) is 6.32. The van der Waals surface area contributed by atoms with Crippen LogP contribution in [0.4, 0.5) is 0 Å². The van der Waals surface area contributed by atoms with Crippen LogP contribution >= 0.6 is 0 Å². The van der Waals surface area contributed by atoms with Gasteiger partial charge in [-0.05, 0) is 37.5 Å². The first-order valence-electron chi connectivity index (χ1n) is 10.2. The molecule has 0 spiro atoms. The molecule has 1 aromatic heterocycles. The van der Waals surface area contributed by atoms with Crippen molar-refractivity contribution in [2.24, 2.45) is 11.8 Å². The molecule has 2 aliphatic carbocycles. The van der Waals surface area contributed by atoms with E-state index in [2.05, 4.69) is 16.8 Å². The maximum Gasteiger partial charge on any atom is 0.223 e. The summed E-state index contributed by atoms with van der Waals surface area (Å²) >= 11 is 0. The maximum absolute atomic E-state index is 12.8. The van der Waals surface area contributed by atoms with E-state index in [1.165, 1.54) is 36.9 Å². The Morgan fingerprint density at radius 1 is 1.31 bits per heavy atom. The normalized spacial score (nSPS) is 25.8. The molecule has 5 nitrogen and oxygen atoms in total. The van der Waals surface area contributed by atoms with Crippen LogP contribution in [0.15, 0.2) is 18.3 Å². The van der Waals surface area contributed by atoms with E-state index in [1.54, 1.807) is 7.11 Å². The van der Waals surface area contributed by atoms with E-state index < -0.39 is 0 Å². The molecule has 0 radical (unpaired) electrons. The second-order valence-electron chi connectivity index (χ2n) is 8.28. The second kappa shape index (κ2) is 7.95. The molecule has 0 aromatic carbocycles. The average molecular weight is 357 g/mol. The van der Waals surface area contributed by atoms with Gasteiger partial charge in [0.25, 0.3) is 0 Å². The third-order valence-corrected chi connectivity index (χ3v) is 6.32. The summed E-state index contributed by atoms with van der Waals surface area (Å²) in [5.41, 5.74) is 2.52. The highest BCUT2D eigenvalue weighted by atomic mass is 16.5. The molecule has 0 saturated heterocycles. The monoisotopic (exact) mass is 357 g/mol. The highest BCUT2D eigenvalue weighted by Crippen LogP contribution is 2.33. The zero-order valence-corrected chi connectivity index (χ0v) is 15.9. The van der Waals surface area contributed by atoms with E-state index in [0.29, 0.717) is 25.5 Å². The first-order valence-corrected chi connectivity index (χ1v) is 10.2. The quantitative estimate of drug-likeness (QED) is 0.732. The van der Waals surface area contributed by atoms with Crippen LogP contribution in [0.1, 0.15) is 62.1 Å². The predicted octanol–water partition coefficient (Wildman–Crippen LogP) is 3.50. The summed E-state index contributed by atoms with van der Waals surface area (Å²) in [5.74, 6) is 1.69. The summed E-state index contributed by atoms with van der Waals surface area (Å²) in [5, 5.41) is 4.70. The van der Waals surface area contributed by atoms with Crippen molar-refractivity contribution in [3.8, 4) is 0 Å². The fraction of sp³-hybridized carbons (Fsp3) is 0.714. The van der Waals surface area contributed by atoms with Crippen molar-refractivity contribution in [1.82, 2.24) is 14.7 Å². The number of hydrogen-bond donors (Lipinski definition) is 0. The standard InChI is InChI=1S/C21H31N3O2/c1-26-15-19-14-23(20(25)10-16-6-2-3-7-16)13-18-11-22-24(21(18)19)12-17-8-4-5-9-17/h2,6,11,16-17,19H,3-5,7-10,12-15H2,1H3. The molecular weight excluding hydrogens is 326 g/mol. The highest BCUT2D eigenvalue weighted by molar-refractivity contribution is 5.77. The molecule has 2 unspecified atom stereocenters. The number of hydrogen-bond acceptors (Lipinski definition) is 3. The number of carbonyl (C=O) groups is 1. The van der Waals surface area contributed by atoms with Crippen molar-refractivity contribution in [3.63, 3.8) is 0 Å². The molecule has 1 aromatic rings. The first kappa shape index (κ1) is 17.8. The van der Waals surface area contributed by atoms with Crippen LogP contribution in [0.2, 0.25) is 0 Å². The number of fused-ring (bicyclic) bond motifs is 1. The van der Waals surface area contributed by atoms with E-state index in [9.17, 15) is 4.79 Å². The Morgan fingerprint density at radius 2 is 2.15 bits per heavy atom. The van der Waals surface area contributed by atoms with Crippen LogP contribution in [0.3, 0.4) is 0 Å². The molecule has 1 aliphatic heterocycles. The largest absolute Gasteiger partial charge is 0.384 e. The zero-order chi connectivity index (χ0) is 17.9. The van der Waals surface area contributed by atoms with Crippen molar-refractivity contribution in [1.29, 1.82) is 0 Å². The Bertz CT molecular complexity index is 660. The number of aromatic nitrogens is 2. The van der Waals surface area contributed by atoms with Crippen molar-refractivity contribution in [2.75, 3.05) is 20.3 Å². The number of methoxy groups -OCH3 is 1. The number of ether oxygens (including phenoxy) is 1. The molecule has 2 heterocycles. The van der Waals surface area contributed by atoms with Crippen LogP contribution in [0, 0.1) is 11.8 Å². The number of nitrogens with zero attached hydrogens (tertiary/aromatic N) is 3. The number of allylic oxidation sites excluding steroid dienone is 2. The summed E-state index contributed by atoms with van der Waals surface area (Å²) in [4.78, 5) is 14.9. The summed E-state index contributed by atoms with van der Waals surface area (Å²) in [6, 6.07) is 0. The lowest BCUT2D eigenvalue weighted by molar-refractivity contribution is -0.133. The van der Waals surface area contributed by atoms with E-state index >= 15 is 0 Å². The minimum absolute atomic E-state index is 0.232. The fourth-order valence-electron chi connectivity index (χ4n) is 4.98. The topological polar surface area (TPSA) is 47.4 Å². The molecular formula is C21H31N3O2. The fourth-order valence-corrected chi connectivity index (χ4v) is 4.98. The van der Waals surface area contributed by atoms with Crippen LogP contribution < -0.4 is 0 Å². The minimum atomic E-state index is 0.232. The third kappa shape index (κ3) is 3.73. The van der Waals surface area contributed by atoms with Gasteiger partial charge in [-0.1, -0.05) is 25.0 Å². The van der Waals surface area contributed by atoms with Gasteiger partial charge in [0, 0.05) is 44.6 Å². The Morgan fingerprint density at radius 3 is 2.88 bits per heavy atom. The Balaban J connectivity index is 1.48. The van der Waals surface area contributed by atoms with Gasteiger partial charge in [-0.15, -0.1) is 0 Å². The molecule has 26 heavy (non-hydrogen) atoms. The van der Waals surface area contributed by atoms with Crippen LogP contribution in [0.25, 0.3) is 0 Å². The van der Waals surface area contributed by atoms with Crippen LogP contribution in [-0.4, -0.2) is 40.8 Å². The van der Waals surface area contributed by atoms with Gasteiger partial charge in [-0.2, -0.15) is 5.10 Å². The Labute approximate surface area is 156 Å². The number of carbonyl (C=O) groups excluding carboxylic acids is 1. The van der Waals surface area contributed by atoms with E-state index in [1.807, 2.05) is 11.1 Å². The molecule has 142 valence electrons. The van der Waals surface area contributed by atoms with Crippen molar-refractivity contribution < 1.29 is 9.53 Å². The molecule has 3 aliphatic rings. The van der Waals surface area contributed by atoms with E-state index in [4.69, 9.17) is 9.84 Å². The average Bonchev–Trinajstić information content (AvgIpc) is 3.38. The lowest BCUT2D eigenvalue weighted by Crippen LogP contribution is -2.40. The maximum atomic E-state index is 12.8. The summed E-state index contributed by atoms with van der Waals surface area (Å²) in [6.45, 7) is 3.13. The van der Waals surface area contributed by atoms with Crippen molar-refractivity contribution in [3.05, 3.63) is 29.6 Å². The van der Waals surface area contributed by atoms with Gasteiger partial charge in [0.1, 0.15) is 0 Å². The minimum Gasteiger partial charge on any atom is -0.384 e. The van der Waals surface area contributed by atoms with Gasteiger partial charge in [0.15, 0.2) is 0 Å². The van der Waals surface area contributed by atoms with Gasteiger partial charge < -0.3 is 9.64 Å². The molecule has 2 atom stereocenters. The zero-order valence-electron chi connectivity index (χ0n) is 15.9. The van der Waals surface area contributed by atoms with Gasteiger partial charge in [-0.3, -0.25) is 9.48 Å². The van der Waals surface area contributed by atoms with Crippen molar-refractivity contribution in [2.45, 2.75) is 64.0 Å². The smallest absolute Gasteiger partial charge is 0.223 e. The van der Waals surface area contributed by atoms with Crippen LogP contribution in [-0.2, 0) is 22.6 Å². The molecule has 1 saturated carbocycles. The molecule has 4 rings (SSSR count). The predicted molar refractivity (Wildman–Crippen MR) is 101 cm³/mol. The highest BCUT2D eigenvalue weighted by Gasteiger charge is 2.33. The summed E-state index contributed by atoms with van der Waals surface area (Å²) in [7, 11) is 1.75. The van der Waals surface area contributed by atoms with Gasteiger partial charge in [0.05, 0.1) is 18.5 Å². The Hall–Kier alpha value is -1.62. The van der Waals surface area contributed by atoms with Gasteiger partial charge >= 0.3 is 0 Å².